The average Bonchev–Trinajstić information content (AvgIpc) is 2.72. The molecule has 5 heteroatoms. The van der Waals surface area contributed by atoms with E-state index in [0.717, 1.165) is 6.54 Å². The smallest absolute Gasteiger partial charge is 0.233 e. The second kappa shape index (κ2) is 6.39. The van der Waals surface area contributed by atoms with Crippen LogP contribution in [0.5, 0.6) is 0 Å². The maximum absolute atomic E-state index is 13.8. The Balaban J connectivity index is 2.07. The molecule has 0 radical (unpaired) electrons. The van der Waals surface area contributed by atoms with Gasteiger partial charge in [0.05, 0.1) is 5.75 Å². The van der Waals surface area contributed by atoms with Crippen LogP contribution in [-0.2, 0) is 4.79 Å². The van der Waals surface area contributed by atoms with Gasteiger partial charge in [-0.2, -0.15) is 0 Å². The molecule has 0 saturated carbocycles. The number of carbonyl (C=O) groups is 1. The summed E-state index contributed by atoms with van der Waals surface area (Å²) in [7, 11) is 0. The van der Waals surface area contributed by atoms with Crippen molar-refractivity contribution in [2.24, 2.45) is 0 Å². The van der Waals surface area contributed by atoms with Gasteiger partial charge in [-0.1, -0.05) is 32.0 Å². The predicted octanol–water partition coefficient (Wildman–Crippen LogP) is 2.40. The molecule has 0 aromatic heterocycles. The Kier molecular flexibility index (Phi) is 4.82. The van der Waals surface area contributed by atoms with Crippen LogP contribution in [0.3, 0.4) is 0 Å². The first-order valence-corrected chi connectivity index (χ1v) is 7.53. The summed E-state index contributed by atoms with van der Waals surface area (Å²) in [5.41, 5.74) is 0.600. The van der Waals surface area contributed by atoms with Crippen LogP contribution in [0.1, 0.15) is 24.8 Å². The minimum Gasteiger partial charge on any atom is -0.324 e. The summed E-state index contributed by atoms with van der Waals surface area (Å²) < 4.78 is 13.8. The normalized spacial score (nSPS) is 19.5. The van der Waals surface area contributed by atoms with Crippen molar-refractivity contribution in [1.82, 2.24) is 10.2 Å². The lowest BCUT2D eigenvalue weighted by Crippen LogP contribution is -2.37. The largest absolute Gasteiger partial charge is 0.324 e. The van der Waals surface area contributed by atoms with Gasteiger partial charge in [-0.15, -0.1) is 11.8 Å². The summed E-state index contributed by atoms with van der Waals surface area (Å²) in [6.07, 6.45) is 0. The molecule has 0 spiro atoms. The number of nitrogens with zero attached hydrogens (tertiary/aromatic N) is 1. The van der Waals surface area contributed by atoms with E-state index in [9.17, 15) is 9.18 Å². The van der Waals surface area contributed by atoms with Crippen molar-refractivity contribution < 1.29 is 9.18 Å². The minimum atomic E-state index is -0.239. The van der Waals surface area contributed by atoms with Gasteiger partial charge in [-0.3, -0.25) is 4.79 Å². The maximum atomic E-state index is 13.8. The van der Waals surface area contributed by atoms with E-state index < -0.39 is 0 Å². The lowest BCUT2D eigenvalue weighted by atomic mass is 10.2. The Labute approximate surface area is 117 Å². The second-order valence-electron chi connectivity index (χ2n) is 4.88. The lowest BCUT2D eigenvalue weighted by molar-refractivity contribution is -0.128. The van der Waals surface area contributed by atoms with E-state index in [4.69, 9.17) is 0 Å². The highest BCUT2D eigenvalue weighted by atomic mass is 32.2. The summed E-state index contributed by atoms with van der Waals surface area (Å²) in [5.74, 6) is 0.279. The van der Waals surface area contributed by atoms with Crippen LogP contribution in [0.4, 0.5) is 4.39 Å². The second-order valence-corrected chi connectivity index (χ2v) is 5.95. The standard InChI is InChI=1S/C14H19FN2OS/c1-10(2)16-7-8-17-13(18)9-19-14(17)11-5-3-4-6-12(11)15/h3-6,10,14,16H,7-9H2,1-2H3. The molecule has 1 atom stereocenters. The number of hydrogen-bond donors (Lipinski definition) is 1. The Morgan fingerprint density at radius 3 is 2.89 bits per heavy atom. The zero-order chi connectivity index (χ0) is 13.8. The molecule has 0 bridgehead atoms. The Morgan fingerprint density at radius 1 is 1.47 bits per heavy atom. The van der Waals surface area contributed by atoms with Crippen molar-refractivity contribution >= 4 is 17.7 Å². The van der Waals surface area contributed by atoms with Gasteiger partial charge in [0, 0.05) is 24.7 Å². The third kappa shape index (κ3) is 3.48. The minimum absolute atomic E-state index is 0.0869. The monoisotopic (exact) mass is 282 g/mol. The van der Waals surface area contributed by atoms with E-state index in [0.29, 0.717) is 23.9 Å². The van der Waals surface area contributed by atoms with Crippen LogP contribution in [-0.4, -0.2) is 35.7 Å². The van der Waals surface area contributed by atoms with Crippen LogP contribution < -0.4 is 5.32 Å². The summed E-state index contributed by atoms with van der Waals surface area (Å²) in [6, 6.07) is 7.08. The van der Waals surface area contributed by atoms with Gasteiger partial charge in [0.25, 0.3) is 0 Å². The molecule has 104 valence electrons. The zero-order valence-corrected chi connectivity index (χ0v) is 12.0. The van der Waals surface area contributed by atoms with Gasteiger partial charge in [0.2, 0.25) is 5.91 Å². The molecule has 1 amide bonds. The van der Waals surface area contributed by atoms with E-state index >= 15 is 0 Å². The lowest BCUT2D eigenvalue weighted by Gasteiger charge is -2.25. The fourth-order valence-corrected chi connectivity index (χ4v) is 3.34. The number of benzene rings is 1. The molecule has 1 aliphatic heterocycles. The zero-order valence-electron chi connectivity index (χ0n) is 11.2. The molecule has 1 saturated heterocycles. The molecule has 1 aromatic carbocycles. The highest BCUT2D eigenvalue weighted by Gasteiger charge is 2.33. The summed E-state index contributed by atoms with van der Waals surface area (Å²) in [5, 5.41) is 3.09. The quantitative estimate of drug-likeness (QED) is 0.900. The van der Waals surface area contributed by atoms with Gasteiger partial charge in [0.1, 0.15) is 11.2 Å². The maximum Gasteiger partial charge on any atom is 0.233 e. The fourth-order valence-electron chi connectivity index (χ4n) is 2.10. The molecule has 2 rings (SSSR count). The molecule has 1 unspecified atom stereocenters. The number of carbonyl (C=O) groups excluding carboxylic acids is 1. The Morgan fingerprint density at radius 2 is 2.21 bits per heavy atom. The molecule has 1 aliphatic rings. The molecular weight excluding hydrogens is 263 g/mol. The first kappa shape index (κ1) is 14.3. The van der Waals surface area contributed by atoms with Crippen LogP contribution in [0.15, 0.2) is 24.3 Å². The van der Waals surface area contributed by atoms with Crippen molar-refractivity contribution in [1.29, 1.82) is 0 Å². The van der Waals surface area contributed by atoms with Crippen LogP contribution in [0.2, 0.25) is 0 Å². The molecule has 1 fully saturated rings. The molecule has 19 heavy (non-hydrogen) atoms. The molecule has 3 nitrogen and oxygen atoms in total. The van der Waals surface area contributed by atoms with E-state index in [-0.39, 0.29) is 17.1 Å². The van der Waals surface area contributed by atoms with Gasteiger partial charge >= 0.3 is 0 Å². The molecule has 1 aromatic rings. The predicted molar refractivity (Wildman–Crippen MR) is 76.5 cm³/mol. The van der Waals surface area contributed by atoms with E-state index in [1.54, 1.807) is 17.0 Å². The molecule has 1 heterocycles. The number of nitrogens with one attached hydrogen (secondary N) is 1. The first-order chi connectivity index (χ1) is 9.09. The van der Waals surface area contributed by atoms with E-state index in [2.05, 4.69) is 19.2 Å². The average molecular weight is 282 g/mol. The highest BCUT2D eigenvalue weighted by molar-refractivity contribution is 8.00. The Hall–Kier alpha value is -1.07. The van der Waals surface area contributed by atoms with Crippen molar-refractivity contribution in [2.75, 3.05) is 18.8 Å². The van der Waals surface area contributed by atoms with Gasteiger partial charge in [0.15, 0.2) is 0 Å². The number of halogens is 1. The number of thioether (sulfide) groups is 1. The van der Waals surface area contributed by atoms with E-state index in [1.165, 1.54) is 17.8 Å². The van der Waals surface area contributed by atoms with E-state index in [1.807, 2.05) is 6.07 Å². The Bertz CT molecular complexity index is 453. The highest BCUT2D eigenvalue weighted by Crippen LogP contribution is 2.39. The van der Waals surface area contributed by atoms with Crippen molar-refractivity contribution in [3.8, 4) is 0 Å². The summed E-state index contributed by atoms with van der Waals surface area (Å²) in [6.45, 7) is 5.47. The topological polar surface area (TPSA) is 32.3 Å². The van der Waals surface area contributed by atoms with Crippen molar-refractivity contribution in [3.63, 3.8) is 0 Å². The van der Waals surface area contributed by atoms with Crippen LogP contribution in [0.25, 0.3) is 0 Å². The third-order valence-corrected chi connectivity index (χ3v) is 4.28. The number of amides is 1. The SMILES string of the molecule is CC(C)NCCN1C(=O)CSC1c1ccccc1F. The van der Waals surface area contributed by atoms with Crippen LogP contribution >= 0.6 is 11.8 Å². The van der Waals surface area contributed by atoms with Gasteiger partial charge in [-0.25, -0.2) is 4.39 Å². The van der Waals surface area contributed by atoms with Gasteiger partial charge in [-0.05, 0) is 6.07 Å². The third-order valence-electron chi connectivity index (χ3n) is 3.04. The first-order valence-electron chi connectivity index (χ1n) is 6.48. The van der Waals surface area contributed by atoms with Gasteiger partial charge < -0.3 is 10.2 Å². The van der Waals surface area contributed by atoms with Crippen LogP contribution in [0, 0.1) is 5.82 Å². The molecule has 0 aliphatic carbocycles. The summed E-state index contributed by atoms with van der Waals surface area (Å²) in [4.78, 5) is 13.7. The summed E-state index contributed by atoms with van der Waals surface area (Å²) >= 11 is 1.49. The number of hydrogen-bond acceptors (Lipinski definition) is 3. The van der Waals surface area contributed by atoms with Crippen molar-refractivity contribution in [2.45, 2.75) is 25.3 Å². The number of rotatable bonds is 5. The van der Waals surface area contributed by atoms with Crippen molar-refractivity contribution in [3.05, 3.63) is 35.6 Å². The molecular formula is C14H19FN2OS. The fraction of sp³-hybridized carbons (Fsp3) is 0.500. The molecule has 1 N–H and O–H groups in total.